The number of aryl methyl sites for hydroxylation is 1. The van der Waals surface area contributed by atoms with E-state index in [-0.39, 0.29) is 17.9 Å². The number of methoxy groups -OCH3 is 1. The maximum absolute atomic E-state index is 12.4. The number of fused-ring (bicyclic) bond motifs is 1. The third kappa shape index (κ3) is 4.12. The van der Waals surface area contributed by atoms with Crippen LogP contribution in [0.2, 0.25) is 0 Å². The van der Waals surface area contributed by atoms with E-state index < -0.39 is 10.0 Å². The maximum atomic E-state index is 12.4. The minimum atomic E-state index is -3.57. The highest BCUT2D eigenvalue weighted by Gasteiger charge is 2.14. The SMILES string of the molecule is COc1ccc2[nH]c(=O)c(CNS(=O)(=O)Cc3ccccc3C)cc2c1. The largest absolute Gasteiger partial charge is 0.497 e. The number of pyridine rings is 1. The molecule has 0 saturated carbocycles. The Morgan fingerprint density at radius 3 is 2.58 bits per heavy atom. The van der Waals surface area contributed by atoms with Gasteiger partial charge in [-0.15, -0.1) is 0 Å². The molecule has 1 aromatic heterocycles. The lowest BCUT2D eigenvalue weighted by Crippen LogP contribution is -2.28. The normalized spacial score (nSPS) is 11.6. The second-order valence-electron chi connectivity index (χ2n) is 6.08. The van der Waals surface area contributed by atoms with Crippen molar-refractivity contribution in [3.63, 3.8) is 0 Å². The van der Waals surface area contributed by atoms with Crippen LogP contribution in [0, 0.1) is 6.92 Å². The van der Waals surface area contributed by atoms with E-state index in [9.17, 15) is 13.2 Å². The van der Waals surface area contributed by atoms with Gasteiger partial charge in [0.15, 0.2) is 0 Å². The zero-order chi connectivity index (χ0) is 18.7. The van der Waals surface area contributed by atoms with E-state index in [0.29, 0.717) is 16.8 Å². The highest BCUT2D eigenvalue weighted by molar-refractivity contribution is 7.88. The molecule has 3 rings (SSSR count). The van der Waals surface area contributed by atoms with Crippen LogP contribution in [0.3, 0.4) is 0 Å². The maximum Gasteiger partial charge on any atom is 0.252 e. The number of hydrogen-bond acceptors (Lipinski definition) is 4. The number of aromatic nitrogens is 1. The number of aromatic amines is 1. The van der Waals surface area contributed by atoms with E-state index in [1.807, 2.05) is 19.1 Å². The summed E-state index contributed by atoms with van der Waals surface area (Å²) in [7, 11) is -2.00. The molecule has 6 nitrogen and oxygen atoms in total. The van der Waals surface area contributed by atoms with Gasteiger partial charge in [-0.25, -0.2) is 13.1 Å². The molecule has 0 amide bonds. The van der Waals surface area contributed by atoms with E-state index in [1.54, 1.807) is 43.5 Å². The Balaban J connectivity index is 1.81. The lowest BCUT2D eigenvalue weighted by molar-refractivity contribution is 0.415. The monoisotopic (exact) mass is 372 g/mol. The number of benzene rings is 2. The van der Waals surface area contributed by atoms with Crippen molar-refractivity contribution in [1.29, 1.82) is 0 Å². The van der Waals surface area contributed by atoms with E-state index in [4.69, 9.17) is 4.74 Å². The molecule has 7 heteroatoms. The molecule has 2 N–H and O–H groups in total. The van der Waals surface area contributed by atoms with E-state index >= 15 is 0 Å². The topological polar surface area (TPSA) is 88.3 Å². The number of sulfonamides is 1. The molecule has 0 saturated heterocycles. The van der Waals surface area contributed by atoms with Gasteiger partial charge < -0.3 is 9.72 Å². The van der Waals surface area contributed by atoms with Crippen molar-refractivity contribution in [3.05, 3.63) is 75.6 Å². The van der Waals surface area contributed by atoms with Crippen LogP contribution in [0.15, 0.2) is 53.3 Å². The van der Waals surface area contributed by atoms with Crippen molar-refractivity contribution in [2.45, 2.75) is 19.2 Å². The molecular formula is C19H20N2O4S. The molecule has 0 atom stereocenters. The molecule has 0 aliphatic rings. The standard InChI is InChI=1S/C19H20N2O4S/c1-13-5-3-4-6-14(13)12-26(23,24)20-11-16-9-15-10-17(25-2)7-8-18(15)21-19(16)22/h3-10,20H,11-12H2,1-2H3,(H,21,22). The van der Waals surface area contributed by atoms with Crippen LogP contribution in [-0.2, 0) is 22.3 Å². The van der Waals surface area contributed by atoms with Crippen molar-refractivity contribution in [1.82, 2.24) is 9.71 Å². The minimum absolute atomic E-state index is 0.0727. The Labute approximate surface area is 151 Å². The molecule has 0 radical (unpaired) electrons. The zero-order valence-electron chi connectivity index (χ0n) is 14.6. The van der Waals surface area contributed by atoms with Crippen molar-refractivity contribution >= 4 is 20.9 Å². The van der Waals surface area contributed by atoms with Crippen molar-refractivity contribution in [3.8, 4) is 5.75 Å². The van der Waals surface area contributed by atoms with Gasteiger partial charge in [0.2, 0.25) is 10.0 Å². The van der Waals surface area contributed by atoms with Gasteiger partial charge in [0.1, 0.15) is 5.75 Å². The quantitative estimate of drug-likeness (QED) is 0.696. The van der Waals surface area contributed by atoms with Crippen LogP contribution in [-0.4, -0.2) is 20.5 Å². The summed E-state index contributed by atoms with van der Waals surface area (Å²) in [5.41, 5.74) is 2.34. The Hall–Kier alpha value is -2.64. The van der Waals surface area contributed by atoms with Crippen molar-refractivity contribution in [2.75, 3.05) is 7.11 Å². The van der Waals surface area contributed by atoms with E-state index in [2.05, 4.69) is 9.71 Å². The molecule has 2 aromatic carbocycles. The summed E-state index contributed by atoms with van der Waals surface area (Å²) in [6, 6.07) is 14.3. The molecule has 3 aromatic rings. The molecule has 0 fully saturated rings. The first kappa shape index (κ1) is 18.2. The fraction of sp³-hybridized carbons (Fsp3) is 0.211. The molecule has 0 unspecified atom stereocenters. The van der Waals surface area contributed by atoms with Gasteiger partial charge >= 0.3 is 0 Å². The number of rotatable bonds is 6. The Morgan fingerprint density at radius 1 is 1.08 bits per heavy atom. The summed E-state index contributed by atoms with van der Waals surface area (Å²) in [4.78, 5) is 15.0. The average Bonchev–Trinajstić information content (AvgIpc) is 2.61. The van der Waals surface area contributed by atoms with Gasteiger partial charge in [-0.1, -0.05) is 24.3 Å². The molecule has 1 heterocycles. The first-order valence-corrected chi connectivity index (χ1v) is 9.75. The lowest BCUT2D eigenvalue weighted by atomic mass is 10.1. The average molecular weight is 372 g/mol. The van der Waals surface area contributed by atoms with Crippen molar-refractivity contribution < 1.29 is 13.2 Å². The van der Waals surface area contributed by atoms with Crippen LogP contribution in [0.1, 0.15) is 16.7 Å². The highest BCUT2D eigenvalue weighted by Crippen LogP contribution is 2.19. The van der Waals surface area contributed by atoms with Crippen LogP contribution in [0.5, 0.6) is 5.75 Å². The second kappa shape index (κ2) is 7.31. The highest BCUT2D eigenvalue weighted by atomic mass is 32.2. The summed E-state index contributed by atoms with van der Waals surface area (Å²) < 4.78 is 32.4. The Morgan fingerprint density at radius 2 is 1.85 bits per heavy atom. The molecule has 0 aliphatic carbocycles. The molecule has 0 spiro atoms. The van der Waals surface area contributed by atoms with Gasteiger partial charge in [-0.05, 0) is 42.3 Å². The fourth-order valence-corrected chi connectivity index (χ4v) is 3.91. The first-order chi connectivity index (χ1) is 12.4. The van der Waals surface area contributed by atoms with Crippen LogP contribution >= 0.6 is 0 Å². The molecule has 136 valence electrons. The van der Waals surface area contributed by atoms with Crippen LogP contribution in [0.4, 0.5) is 0 Å². The number of hydrogen-bond donors (Lipinski definition) is 2. The van der Waals surface area contributed by atoms with Crippen molar-refractivity contribution in [2.24, 2.45) is 0 Å². The van der Waals surface area contributed by atoms with Gasteiger partial charge in [0.25, 0.3) is 5.56 Å². The van der Waals surface area contributed by atoms with Gasteiger partial charge in [-0.2, -0.15) is 0 Å². The first-order valence-electron chi connectivity index (χ1n) is 8.10. The Bertz CT molecular complexity index is 1100. The summed E-state index contributed by atoms with van der Waals surface area (Å²) in [6.45, 7) is 1.79. The predicted octanol–water partition coefficient (Wildman–Crippen LogP) is 2.46. The number of ether oxygens (including phenoxy) is 1. The lowest BCUT2D eigenvalue weighted by Gasteiger charge is -2.09. The zero-order valence-corrected chi connectivity index (χ0v) is 15.4. The number of nitrogens with one attached hydrogen (secondary N) is 2. The molecular weight excluding hydrogens is 352 g/mol. The summed E-state index contributed by atoms with van der Waals surface area (Å²) in [5, 5.41) is 0.775. The number of H-pyrrole nitrogens is 1. The van der Waals surface area contributed by atoms with Gasteiger partial charge in [0.05, 0.1) is 12.9 Å². The summed E-state index contributed by atoms with van der Waals surface area (Å²) >= 11 is 0. The predicted molar refractivity (Wildman–Crippen MR) is 102 cm³/mol. The van der Waals surface area contributed by atoms with Gasteiger partial charge in [-0.3, -0.25) is 4.79 Å². The van der Waals surface area contributed by atoms with Crippen LogP contribution < -0.4 is 15.0 Å². The third-order valence-electron chi connectivity index (χ3n) is 4.22. The van der Waals surface area contributed by atoms with E-state index in [0.717, 1.165) is 16.5 Å². The summed E-state index contributed by atoms with van der Waals surface area (Å²) in [5.74, 6) is 0.537. The molecule has 0 bridgehead atoms. The second-order valence-corrected chi connectivity index (χ2v) is 7.89. The molecule has 26 heavy (non-hydrogen) atoms. The minimum Gasteiger partial charge on any atom is -0.497 e. The molecule has 0 aliphatic heterocycles. The fourth-order valence-electron chi connectivity index (χ4n) is 2.70. The third-order valence-corrected chi connectivity index (χ3v) is 5.49. The summed E-state index contributed by atoms with van der Waals surface area (Å²) in [6.07, 6.45) is 0. The smallest absolute Gasteiger partial charge is 0.252 e. The Kier molecular flexibility index (Phi) is 5.11. The van der Waals surface area contributed by atoms with E-state index in [1.165, 1.54) is 0 Å². The van der Waals surface area contributed by atoms with Gasteiger partial charge in [0, 0.05) is 23.0 Å². The van der Waals surface area contributed by atoms with Crippen LogP contribution in [0.25, 0.3) is 10.9 Å².